The number of aromatic nitrogens is 5. The van der Waals surface area contributed by atoms with Crippen LogP contribution in [-0.2, 0) is 22.3 Å². The van der Waals surface area contributed by atoms with Crippen molar-refractivity contribution in [2.75, 3.05) is 25.0 Å². The van der Waals surface area contributed by atoms with Gasteiger partial charge in [-0.3, -0.25) is 23.5 Å². The van der Waals surface area contributed by atoms with Gasteiger partial charge < -0.3 is 26.0 Å². The summed E-state index contributed by atoms with van der Waals surface area (Å²) >= 11 is 6.45. The smallest absolute Gasteiger partial charge is 0.425 e. The molecule has 4 heterocycles. The van der Waals surface area contributed by atoms with Crippen molar-refractivity contribution in [3.8, 4) is 23.1 Å². The van der Waals surface area contributed by atoms with Crippen LogP contribution in [0.3, 0.4) is 0 Å². The summed E-state index contributed by atoms with van der Waals surface area (Å²) in [5, 5.41) is 17.6. The van der Waals surface area contributed by atoms with E-state index >= 15 is 0 Å². The zero-order valence-electron chi connectivity index (χ0n) is 23.2. The van der Waals surface area contributed by atoms with Crippen LogP contribution in [-0.4, -0.2) is 73.0 Å². The van der Waals surface area contributed by atoms with Crippen molar-refractivity contribution in [3.05, 3.63) is 53.2 Å². The average Bonchev–Trinajstić information content (AvgIpc) is 3.63. The number of benzene rings is 1. The highest BCUT2D eigenvalue weighted by Crippen LogP contribution is 2.39. The summed E-state index contributed by atoms with van der Waals surface area (Å²) in [6.45, 7) is 0.390. The number of nitrogens with zero attached hydrogens (tertiary/aromatic N) is 7. The fourth-order valence-electron chi connectivity index (χ4n) is 4.81. The number of hydrogen-bond donors (Lipinski definition) is 3. The Morgan fingerprint density at radius 2 is 2.00 bits per heavy atom. The second-order valence-electron chi connectivity index (χ2n) is 9.90. The number of nitriles is 1. The Balaban J connectivity index is 1.41. The maximum atomic E-state index is 13.8. The molecule has 0 unspecified atom stereocenters. The van der Waals surface area contributed by atoms with Gasteiger partial charge in [0, 0.05) is 37.7 Å². The number of nitrogens with two attached hydrogens (primary N) is 1. The van der Waals surface area contributed by atoms with Crippen molar-refractivity contribution in [2.45, 2.75) is 31.6 Å². The van der Waals surface area contributed by atoms with Crippen molar-refractivity contribution in [1.29, 1.82) is 5.26 Å². The SMILES string of the molecule is N#CCn1cc(-c2cnc3c(Nc4ccc(C(=O)NCC(=O)N5CCC(N)CC5)c(Cl)c4OC=O)nccn23)c(C(F)(F)F)n1. The monoisotopic (exact) mass is 644 g/mol. The second-order valence-corrected chi connectivity index (χ2v) is 10.3. The summed E-state index contributed by atoms with van der Waals surface area (Å²) in [5.74, 6) is -1.19. The van der Waals surface area contributed by atoms with E-state index in [2.05, 4.69) is 25.7 Å². The standard InChI is InChI=1S/C27H24ClF3N10O4/c28-21-16(26(44)36-12-20(43)39-7-3-15(33)4-8-39)1-2-18(22(21)45-14-42)37-24-25-35-11-19(41(25)10-6-34-24)17-13-40(9-5-32)38-23(17)27(29,30)31/h1-2,6,10-11,13-15H,3-4,7-9,12,33H2,(H,34,37)(H,36,44). The molecule has 1 aromatic carbocycles. The zero-order valence-corrected chi connectivity index (χ0v) is 24.0. The molecule has 18 heteroatoms. The first-order valence-corrected chi connectivity index (χ1v) is 13.7. The van der Waals surface area contributed by atoms with Gasteiger partial charge >= 0.3 is 6.18 Å². The van der Waals surface area contributed by atoms with Crippen molar-refractivity contribution in [2.24, 2.45) is 5.73 Å². The molecule has 4 N–H and O–H groups in total. The Morgan fingerprint density at radius 1 is 1.24 bits per heavy atom. The summed E-state index contributed by atoms with van der Waals surface area (Å²) in [6, 6.07) is 4.49. The van der Waals surface area contributed by atoms with E-state index < -0.39 is 24.3 Å². The molecule has 1 fully saturated rings. The maximum Gasteiger partial charge on any atom is 0.435 e. The van der Waals surface area contributed by atoms with E-state index in [0.29, 0.717) is 25.9 Å². The lowest BCUT2D eigenvalue weighted by Crippen LogP contribution is -2.46. The Hall–Kier alpha value is -5.21. The number of amides is 2. The minimum Gasteiger partial charge on any atom is -0.425 e. The van der Waals surface area contributed by atoms with Gasteiger partial charge in [0.15, 0.2) is 22.9 Å². The second kappa shape index (κ2) is 12.8. The molecule has 0 aliphatic carbocycles. The summed E-state index contributed by atoms with van der Waals surface area (Å²) in [5.41, 5.74) is 4.45. The van der Waals surface area contributed by atoms with E-state index in [1.807, 2.05) is 0 Å². The van der Waals surface area contributed by atoms with E-state index in [1.165, 1.54) is 35.1 Å². The van der Waals surface area contributed by atoms with Crippen LogP contribution in [0.15, 0.2) is 36.9 Å². The number of fused-ring (bicyclic) bond motifs is 1. The predicted octanol–water partition coefficient (Wildman–Crippen LogP) is 2.75. The third-order valence-corrected chi connectivity index (χ3v) is 7.40. The average molecular weight is 645 g/mol. The molecular formula is C27H24ClF3N10O4. The Kier molecular flexibility index (Phi) is 8.88. The lowest BCUT2D eigenvalue weighted by atomic mass is 10.1. The lowest BCUT2D eigenvalue weighted by molar-refractivity contribution is -0.141. The predicted molar refractivity (Wildman–Crippen MR) is 152 cm³/mol. The molecular weight excluding hydrogens is 621 g/mol. The summed E-state index contributed by atoms with van der Waals surface area (Å²) in [6.07, 6.45) is 1.48. The molecule has 14 nitrogen and oxygen atoms in total. The Labute approximate surface area is 257 Å². The fourth-order valence-corrected chi connectivity index (χ4v) is 5.11. The van der Waals surface area contributed by atoms with Crippen LogP contribution in [0.2, 0.25) is 5.02 Å². The fraction of sp³-hybridized carbons (Fsp3) is 0.296. The molecule has 0 spiro atoms. The number of hydrogen-bond acceptors (Lipinski definition) is 10. The molecule has 0 radical (unpaired) electrons. The van der Waals surface area contributed by atoms with Crippen molar-refractivity contribution >= 4 is 47.0 Å². The molecule has 0 bridgehead atoms. The summed E-state index contributed by atoms with van der Waals surface area (Å²) in [4.78, 5) is 46.8. The zero-order chi connectivity index (χ0) is 32.3. The minimum absolute atomic E-state index is 0.0170. The van der Waals surface area contributed by atoms with Crippen molar-refractivity contribution < 1.29 is 32.3 Å². The Morgan fingerprint density at radius 3 is 2.69 bits per heavy atom. The van der Waals surface area contributed by atoms with Gasteiger partial charge in [-0.15, -0.1) is 0 Å². The Bertz CT molecular complexity index is 1810. The van der Waals surface area contributed by atoms with Gasteiger partial charge in [-0.2, -0.15) is 23.5 Å². The number of rotatable bonds is 9. The van der Waals surface area contributed by atoms with Crippen LogP contribution in [0.4, 0.5) is 24.7 Å². The number of imidazole rings is 1. The highest BCUT2D eigenvalue weighted by atomic mass is 35.5. The molecule has 3 aromatic heterocycles. The minimum atomic E-state index is -4.81. The van der Waals surface area contributed by atoms with Gasteiger partial charge in [0.1, 0.15) is 6.54 Å². The third-order valence-electron chi connectivity index (χ3n) is 7.02. The largest absolute Gasteiger partial charge is 0.435 e. The van der Waals surface area contributed by atoms with Gasteiger partial charge in [-0.1, -0.05) is 11.6 Å². The normalized spacial score (nSPS) is 13.8. The number of carbonyl (C=O) groups is 3. The van der Waals surface area contributed by atoms with E-state index in [-0.39, 0.29) is 69.7 Å². The molecule has 4 aromatic rings. The first kappa shape index (κ1) is 31.2. The highest BCUT2D eigenvalue weighted by molar-refractivity contribution is 6.36. The molecule has 2 amide bonds. The van der Waals surface area contributed by atoms with Gasteiger partial charge in [0.25, 0.3) is 12.4 Å². The van der Waals surface area contributed by atoms with Gasteiger partial charge in [-0.05, 0) is 25.0 Å². The number of anilines is 2. The van der Waals surface area contributed by atoms with Gasteiger partial charge in [0.05, 0.1) is 46.3 Å². The summed E-state index contributed by atoms with van der Waals surface area (Å²) < 4.78 is 48.6. The van der Waals surface area contributed by atoms with Crippen LogP contribution in [0.25, 0.3) is 16.9 Å². The number of ether oxygens (including phenoxy) is 1. The lowest BCUT2D eigenvalue weighted by Gasteiger charge is -2.30. The van der Waals surface area contributed by atoms with E-state index in [0.717, 1.165) is 10.9 Å². The van der Waals surface area contributed by atoms with E-state index in [1.54, 1.807) is 11.0 Å². The quantitative estimate of drug-likeness (QED) is 0.229. The first-order chi connectivity index (χ1) is 21.5. The molecule has 1 saturated heterocycles. The topological polar surface area (TPSA) is 186 Å². The van der Waals surface area contributed by atoms with E-state index in [4.69, 9.17) is 27.3 Å². The molecule has 234 valence electrons. The van der Waals surface area contributed by atoms with E-state index in [9.17, 15) is 27.6 Å². The number of alkyl halides is 3. The molecule has 0 atom stereocenters. The van der Waals surface area contributed by atoms with Gasteiger partial charge in [-0.25, -0.2) is 9.97 Å². The molecule has 1 aliphatic rings. The van der Waals surface area contributed by atoms with Crippen LogP contribution < -0.4 is 21.1 Å². The molecule has 45 heavy (non-hydrogen) atoms. The number of nitrogens with one attached hydrogen (secondary N) is 2. The maximum absolute atomic E-state index is 13.8. The van der Waals surface area contributed by atoms with Crippen LogP contribution in [0.1, 0.15) is 28.9 Å². The van der Waals surface area contributed by atoms with Crippen molar-refractivity contribution in [3.63, 3.8) is 0 Å². The third kappa shape index (κ3) is 6.51. The number of carbonyl (C=O) groups excluding carboxylic acids is 3. The van der Waals surface area contributed by atoms with Crippen molar-refractivity contribution in [1.82, 2.24) is 34.4 Å². The van der Waals surface area contributed by atoms with Crippen LogP contribution in [0, 0.1) is 11.3 Å². The molecule has 1 aliphatic heterocycles. The number of likely N-dealkylation sites (tertiary alicyclic amines) is 1. The first-order valence-electron chi connectivity index (χ1n) is 13.4. The number of piperidine rings is 1. The van der Waals surface area contributed by atoms with Crippen LogP contribution in [0.5, 0.6) is 5.75 Å². The highest BCUT2D eigenvalue weighted by Gasteiger charge is 2.38. The van der Waals surface area contributed by atoms with Gasteiger partial charge in [0.2, 0.25) is 5.91 Å². The molecule has 5 rings (SSSR count). The van der Waals surface area contributed by atoms with Crippen LogP contribution >= 0.6 is 11.6 Å². The summed E-state index contributed by atoms with van der Waals surface area (Å²) in [7, 11) is 0. The number of halogens is 4. The molecule has 0 saturated carbocycles.